The molecule has 4 bridgehead atoms. The quantitative estimate of drug-likeness (QED) is 0.660. The van der Waals surface area contributed by atoms with Crippen molar-refractivity contribution in [3.8, 4) is 0 Å². The van der Waals surface area contributed by atoms with E-state index in [9.17, 15) is 0 Å². The molecule has 1 aromatic rings. The molecule has 0 aromatic carbocycles. The topological polar surface area (TPSA) is 3.24 Å². The van der Waals surface area contributed by atoms with Gasteiger partial charge in [0.15, 0.2) is 0 Å². The number of nitrogens with zero attached hydrogens (tertiary/aromatic N) is 1. The van der Waals surface area contributed by atoms with Crippen molar-refractivity contribution in [2.75, 3.05) is 13.1 Å². The van der Waals surface area contributed by atoms with E-state index in [0.717, 1.165) is 29.7 Å². The molecule has 1 aliphatic heterocycles. The summed E-state index contributed by atoms with van der Waals surface area (Å²) < 4.78 is 0. The van der Waals surface area contributed by atoms with Crippen molar-refractivity contribution in [2.45, 2.75) is 69.7 Å². The average Bonchev–Trinajstić information content (AvgIpc) is 3.10. The van der Waals surface area contributed by atoms with Crippen LogP contribution in [0.4, 0.5) is 0 Å². The third kappa shape index (κ3) is 2.43. The molecule has 4 saturated carbocycles. The van der Waals surface area contributed by atoms with Gasteiger partial charge >= 0.3 is 0 Å². The number of hydrogen-bond donors (Lipinski definition) is 0. The van der Waals surface area contributed by atoms with Gasteiger partial charge in [-0.1, -0.05) is 12.5 Å². The second-order valence-electron chi connectivity index (χ2n) is 8.99. The Morgan fingerprint density at radius 2 is 1.62 bits per heavy atom. The van der Waals surface area contributed by atoms with Gasteiger partial charge in [-0.3, -0.25) is 4.90 Å². The SMILES string of the molecule is CC(N1CCCCC1)C1(c2cccs2)C2CC3CC(C2)CC1C3.Cl. The molecule has 1 nitrogen and oxygen atoms in total. The lowest BCUT2D eigenvalue weighted by atomic mass is 9.43. The molecule has 4 aliphatic carbocycles. The van der Waals surface area contributed by atoms with Gasteiger partial charge < -0.3 is 0 Å². The molecular weight excluding hydrogens is 334 g/mol. The fourth-order valence-corrected chi connectivity index (χ4v) is 8.56. The summed E-state index contributed by atoms with van der Waals surface area (Å²) in [6, 6.07) is 5.56. The molecule has 3 heteroatoms. The zero-order valence-electron chi connectivity index (χ0n) is 15.0. The number of rotatable bonds is 3. The van der Waals surface area contributed by atoms with Crippen LogP contribution < -0.4 is 0 Å². The predicted octanol–water partition coefficient (Wildman–Crippen LogP) is 5.74. The van der Waals surface area contributed by atoms with E-state index in [1.54, 1.807) is 11.3 Å². The van der Waals surface area contributed by atoms with E-state index >= 15 is 0 Å². The van der Waals surface area contributed by atoms with Crippen LogP contribution in [0.15, 0.2) is 17.5 Å². The minimum atomic E-state index is 0. The standard InChI is InChI=1S/C21H31NS.ClH/c1-15(22-7-3-2-4-8-22)21(20-6-5-9-23-20)18-11-16-10-17(13-18)14-19(21)12-16;/h5-6,9,15-19H,2-4,7-8,10-14H2,1H3;1H. The van der Waals surface area contributed by atoms with Crippen LogP contribution in [-0.4, -0.2) is 24.0 Å². The van der Waals surface area contributed by atoms with Crippen molar-refractivity contribution < 1.29 is 0 Å². The van der Waals surface area contributed by atoms with Crippen molar-refractivity contribution >= 4 is 23.7 Å². The first-order valence-electron chi connectivity index (χ1n) is 10.1. The lowest BCUT2D eigenvalue weighted by Crippen LogP contribution is -2.64. The van der Waals surface area contributed by atoms with Gasteiger partial charge in [0.25, 0.3) is 0 Å². The normalized spacial score (nSPS) is 42.7. The first-order chi connectivity index (χ1) is 11.3. The molecule has 0 amide bonds. The maximum absolute atomic E-state index is 2.88. The molecule has 24 heavy (non-hydrogen) atoms. The highest BCUT2D eigenvalue weighted by Crippen LogP contribution is 2.65. The van der Waals surface area contributed by atoms with Gasteiger partial charge in [0.2, 0.25) is 0 Å². The van der Waals surface area contributed by atoms with Crippen LogP contribution in [0, 0.1) is 23.7 Å². The molecule has 1 atom stereocenters. The van der Waals surface area contributed by atoms with Gasteiger partial charge in [-0.15, -0.1) is 23.7 Å². The summed E-state index contributed by atoms with van der Waals surface area (Å²) in [7, 11) is 0. The van der Waals surface area contributed by atoms with E-state index in [4.69, 9.17) is 0 Å². The van der Waals surface area contributed by atoms with Gasteiger partial charge in [0.1, 0.15) is 0 Å². The van der Waals surface area contributed by atoms with Crippen molar-refractivity contribution in [3.05, 3.63) is 22.4 Å². The van der Waals surface area contributed by atoms with Gasteiger partial charge in [-0.2, -0.15) is 0 Å². The van der Waals surface area contributed by atoms with Crippen LogP contribution in [0.1, 0.15) is 63.2 Å². The van der Waals surface area contributed by atoms with Gasteiger partial charge in [-0.25, -0.2) is 0 Å². The van der Waals surface area contributed by atoms with Crippen LogP contribution in [0.5, 0.6) is 0 Å². The average molecular weight is 366 g/mol. The van der Waals surface area contributed by atoms with Crippen molar-refractivity contribution in [2.24, 2.45) is 23.7 Å². The van der Waals surface area contributed by atoms with Crippen molar-refractivity contribution in [3.63, 3.8) is 0 Å². The van der Waals surface area contributed by atoms with E-state index < -0.39 is 0 Å². The fraction of sp³-hybridized carbons (Fsp3) is 0.810. The molecule has 1 saturated heterocycles. The number of thiophene rings is 1. The zero-order valence-corrected chi connectivity index (χ0v) is 16.6. The Morgan fingerprint density at radius 1 is 1.00 bits per heavy atom. The summed E-state index contributed by atoms with van der Waals surface area (Å²) in [5, 5.41) is 2.34. The van der Waals surface area contributed by atoms with E-state index in [2.05, 4.69) is 40.7 Å². The molecule has 134 valence electrons. The third-order valence-corrected chi connectivity index (χ3v) is 9.10. The summed E-state index contributed by atoms with van der Waals surface area (Å²) in [6.45, 7) is 5.30. The molecule has 0 radical (unpaired) electrons. The lowest BCUT2D eigenvalue weighted by molar-refractivity contribution is -0.0973. The minimum Gasteiger partial charge on any atom is -0.300 e. The largest absolute Gasteiger partial charge is 0.300 e. The number of halogens is 1. The number of piperidine rings is 1. The Bertz CT molecular complexity index is 520. The molecule has 1 aromatic heterocycles. The highest BCUT2D eigenvalue weighted by atomic mass is 35.5. The minimum absolute atomic E-state index is 0. The molecule has 6 rings (SSSR count). The van der Waals surface area contributed by atoms with Crippen LogP contribution in [-0.2, 0) is 5.41 Å². The number of likely N-dealkylation sites (tertiary alicyclic amines) is 1. The van der Waals surface area contributed by atoms with Gasteiger partial charge in [-0.05, 0) is 100 Å². The predicted molar refractivity (Wildman–Crippen MR) is 105 cm³/mol. The Kier molecular flexibility index (Phi) is 4.77. The first-order valence-corrected chi connectivity index (χ1v) is 10.9. The van der Waals surface area contributed by atoms with E-state index in [1.165, 1.54) is 58.0 Å². The molecular formula is C21H32ClNS. The summed E-state index contributed by atoms with van der Waals surface area (Å²) in [5.74, 6) is 4.07. The van der Waals surface area contributed by atoms with Crippen LogP contribution >= 0.6 is 23.7 Å². The smallest absolute Gasteiger partial charge is 0.0256 e. The van der Waals surface area contributed by atoms with Crippen LogP contribution in [0.2, 0.25) is 0 Å². The van der Waals surface area contributed by atoms with E-state index in [1.807, 2.05) is 0 Å². The van der Waals surface area contributed by atoms with Gasteiger partial charge in [0.05, 0.1) is 0 Å². The third-order valence-electron chi connectivity index (χ3n) is 8.07. The summed E-state index contributed by atoms with van der Waals surface area (Å²) >= 11 is 2.07. The monoisotopic (exact) mass is 365 g/mol. The maximum Gasteiger partial charge on any atom is 0.0256 e. The number of hydrogen-bond acceptors (Lipinski definition) is 2. The van der Waals surface area contributed by atoms with Crippen molar-refractivity contribution in [1.82, 2.24) is 4.90 Å². The second kappa shape index (κ2) is 6.59. The second-order valence-corrected chi connectivity index (χ2v) is 9.94. The maximum atomic E-state index is 2.88. The Balaban J connectivity index is 0.00000146. The molecule has 2 heterocycles. The highest BCUT2D eigenvalue weighted by Gasteiger charge is 2.61. The van der Waals surface area contributed by atoms with E-state index in [0.29, 0.717) is 5.41 Å². The fourth-order valence-electron chi connectivity index (χ4n) is 7.39. The Labute approximate surface area is 157 Å². The van der Waals surface area contributed by atoms with Crippen molar-refractivity contribution in [1.29, 1.82) is 0 Å². The summed E-state index contributed by atoms with van der Waals surface area (Å²) in [6.07, 6.45) is 12.0. The molecule has 0 spiro atoms. The molecule has 0 N–H and O–H groups in total. The Morgan fingerprint density at radius 3 is 2.17 bits per heavy atom. The van der Waals surface area contributed by atoms with Gasteiger partial charge in [0, 0.05) is 16.3 Å². The zero-order chi connectivity index (χ0) is 15.4. The molecule has 5 fully saturated rings. The van der Waals surface area contributed by atoms with E-state index in [-0.39, 0.29) is 12.4 Å². The highest BCUT2D eigenvalue weighted by molar-refractivity contribution is 7.10. The lowest BCUT2D eigenvalue weighted by Gasteiger charge is -2.64. The molecule has 5 aliphatic rings. The Hall–Kier alpha value is -0.0500. The molecule has 1 unspecified atom stereocenters. The van der Waals surface area contributed by atoms with Crippen LogP contribution in [0.3, 0.4) is 0 Å². The van der Waals surface area contributed by atoms with Crippen LogP contribution in [0.25, 0.3) is 0 Å². The first kappa shape index (κ1) is 17.4. The summed E-state index contributed by atoms with van der Waals surface area (Å²) in [5.41, 5.74) is 0.485. The summed E-state index contributed by atoms with van der Waals surface area (Å²) in [4.78, 5) is 4.62.